The molecule has 6 rings (SSSR count). The summed E-state index contributed by atoms with van der Waals surface area (Å²) in [5.41, 5.74) is 8.75. The third-order valence-electron chi connectivity index (χ3n) is 7.08. The minimum atomic E-state index is -0.299. The molecular weight excluding hydrogens is 478 g/mol. The molecule has 0 aliphatic carbocycles. The smallest absolute Gasteiger partial charge is 0.223 e. The molecule has 11 heteroatoms. The summed E-state index contributed by atoms with van der Waals surface area (Å²) in [7, 11) is 0. The summed E-state index contributed by atoms with van der Waals surface area (Å²) in [5.74, 6) is 0.811. The molecule has 5 heterocycles. The number of pyridine rings is 1. The molecular formula is C25H28ClN9O. The minimum absolute atomic E-state index is 0.107. The molecule has 10 nitrogen and oxygen atoms in total. The van der Waals surface area contributed by atoms with E-state index in [9.17, 15) is 0 Å². The highest BCUT2D eigenvalue weighted by molar-refractivity contribution is 6.36. The standard InChI is InChI=1S/C25H28ClN9O/c1-2-34-8-6-18(7-9-34)36-25-20-15(4-3-5-19(20)26)10-17(32-25)13-35-24-21(23(27)28-14-29-24)22(33-35)16-11-30-31-12-16/h3-5,10-12,14,18,21,24H,2,6-9,13H2,1H3,(H,30,31)(H2,27,28,29). The number of hydrogen-bond donors (Lipinski definition) is 2. The Labute approximate surface area is 213 Å². The van der Waals surface area contributed by atoms with E-state index in [1.54, 1.807) is 12.4 Å². The van der Waals surface area contributed by atoms with Crippen molar-refractivity contribution in [1.82, 2.24) is 25.1 Å². The predicted molar refractivity (Wildman–Crippen MR) is 141 cm³/mol. The molecule has 3 aromatic rings. The zero-order valence-corrected chi connectivity index (χ0v) is 20.8. The Balaban J connectivity index is 1.33. The van der Waals surface area contributed by atoms with Gasteiger partial charge in [-0.15, -0.1) is 0 Å². The first kappa shape index (κ1) is 22.9. The van der Waals surface area contributed by atoms with Crippen LogP contribution in [0.5, 0.6) is 5.88 Å². The van der Waals surface area contributed by atoms with Crippen molar-refractivity contribution >= 4 is 40.3 Å². The lowest BCUT2D eigenvalue weighted by Crippen LogP contribution is -2.42. The number of fused-ring (bicyclic) bond motifs is 2. The highest BCUT2D eigenvalue weighted by atomic mass is 35.5. The van der Waals surface area contributed by atoms with Crippen LogP contribution < -0.4 is 10.5 Å². The number of amidine groups is 1. The van der Waals surface area contributed by atoms with E-state index in [2.05, 4.69) is 32.0 Å². The molecule has 0 amide bonds. The number of ether oxygens (including phenoxy) is 1. The van der Waals surface area contributed by atoms with Crippen molar-refractivity contribution < 1.29 is 4.74 Å². The van der Waals surface area contributed by atoms with E-state index < -0.39 is 0 Å². The van der Waals surface area contributed by atoms with Gasteiger partial charge in [0, 0.05) is 24.8 Å². The van der Waals surface area contributed by atoms with Crippen LogP contribution in [0.4, 0.5) is 0 Å². The maximum absolute atomic E-state index is 6.62. The second-order valence-electron chi connectivity index (χ2n) is 9.29. The molecule has 3 aliphatic heterocycles. The Morgan fingerprint density at radius 3 is 2.89 bits per heavy atom. The maximum atomic E-state index is 6.62. The number of benzene rings is 1. The molecule has 0 saturated carbocycles. The molecule has 36 heavy (non-hydrogen) atoms. The van der Waals surface area contributed by atoms with E-state index in [1.807, 2.05) is 29.3 Å². The van der Waals surface area contributed by atoms with Gasteiger partial charge < -0.3 is 15.4 Å². The average molecular weight is 506 g/mol. The van der Waals surface area contributed by atoms with Crippen LogP contribution in [0, 0.1) is 5.92 Å². The van der Waals surface area contributed by atoms with Gasteiger partial charge in [0.15, 0.2) is 6.17 Å². The first-order valence-electron chi connectivity index (χ1n) is 12.3. The number of likely N-dealkylation sites (tertiary alicyclic amines) is 1. The van der Waals surface area contributed by atoms with E-state index in [0.29, 0.717) is 23.3 Å². The highest BCUT2D eigenvalue weighted by Gasteiger charge is 2.42. The quantitative estimate of drug-likeness (QED) is 0.531. The van der Waals surface area contributed by atoms with Crippen molar-refractivity contribution in [2.75, 3.05) is 19.6 Å². The zero-order valence-electron chi connectivity index (χ0n) is 20.0. The van der Waals surface area contributed by atoms with Crippen molar-refractivity contribution in [3.63, 3.8) is 0 Å². The highest BCUT2D eigenvalue weighted by Crippen LogP contribution is 2.35. The van der Waals surface area contributed by atoms with Crippen molar-refractivity contribution in [3.05, 3.63) is 52.9 Å². The fraction of sp³-hybridized carbons (Fsp3) is 0.400. The number of H-pyrrole nitrogens is 1. The van der Waals surface area contributed by atoms with Crippen molar-refractivity contribution in [2.24, 2.45) is 26.7 Å². The lowest BCUT2D eigenvalue weighted by molar-refractivity contribution is 0.101. The van der Waals surface area contributed by atoms with Gasteiger partial charge in [-0.1, -0.05) is 30.7 Å². The molecule has 0 spiro atoms. The van der Waals surface area contributed by atoms with E-state index >= 15 is 0 Å². The summed E-state index contributed by atoms with van der Waals surface area (Å²) >= 11 is 6.62. The Bertz CT molecular complexity index is 1350. The van der Waals surface area contributed by atoms with Gasteiger partial charge in [0.25, 0.3) is 0 Å². The summed E-state index contributed by atoms with van der Waals surface area (Å²) in [6, 6.07) is 7.90. The van der Waals surface area contributed by atoms with Gasteiger partial charge in [-0.05, 0) is 36.9 Å². The average Bonchev–Trinajstić information content (AvgIpc) is 3.54. The first-order chi connectivity index (χ1) is 17.6. The van der Waals surface area contributed by atoms with E-state index in [1.165, 1.54) is 6.34 Å². The van der Waals surface area contributed by atoms with E-state index in [0.717, 1.165) is 60.2 Å². The Hall–Kier alpha value is -3.50. The lowest BCUT2D eigenvalue weighted by Gasteiger charge is -2.31. The van der Waals surface area contributed by atoms with E-state index in [-0.39, 0.29) is 18.2 Å². The van der Waals surface area contributed by atoms with Gasteiger partial charge in [-0.2, -0.15) is 10.2 Å². The number of hydrazone groups is 1. The molecule has 186 valence electrons. The largest absolute Gasteiger partial charge is 0.474 e. The van der Waals surface area contributed by atoms with Crippen LogP contribution in [0.15, 0.2) is 51.7 Å². The Morgan fingerprint density at radius 2 is 2.11 bits per heavy atom. The van der Waals surface area contributed by atoms with Crippen molar-refractivity contribution in [2.45, 2.75) is 38.6 Å². The van der Waals surface area contributed by atoms with Crippen LogP contribution in [0.25, 0.3) is 10.8 Å². The van der Waals surface area contributed by atoms with Gasteiger partial charge in [0.05, 0.1) is 34.6 Å². The van der Waals surface area contributed by atoms with Gasteiger partial charge >= 0.3 is 0 Å². The normalized spacial score (nSPS) is 22.6. The van der Waals surface area contributed by atoms with Gasteiger partial charge in [-0.3, -0.25) is 10.1 Å². The third-order valence-corrected chi connectivity index (χ3v) is 7.40. The van der Waals surface area contributed by atoms with Crippen molar-refractivity contribution in [1.29, 1.82) is 0 Å². The minimum Gasteiger partial charge on any atom is -0.474 e. The second kappa shape index (κ2) is 9.51. The van der Waals surface area contributed by atoms with Gasteiger partial charge in [0.2, 0.25) is 5.88 Å². The first-order valence-corrected chi connectivity index (χ1v) is 12.6. The number of nitrogens with one attached hydrogen (secondary N) is 1. The number of piperidine rings is 1. The van der Waals surface area contributed by atoms with Gasteiger partial charge in [-0.25, -0.2) is 15.0 Å². The molecule has 0 bridgehead atoms. The number of aliphatic imine (C=N–C) groups is 2. The molecule has 2 aromatic heterocycles. The molecule has 3 aliphatic rings. The number of aromatic amines is 1. The maximum Gasteiger partial charge on any atom is 0.223 e. The topological polar surface area (TPSA) is 120 Å². The van der Waals surface area contributed by atoms with Gasteiger partial charge in [0.1, 0.15) is 24.2 Å². The molecule has 1 aromatic carbocycles. The summed E-state index contributed by atoms with van der Waals surface area (Å²) in [5, 5.41) is 16.2. The fourth-order valence-corrected chi connectivity index (χ4v) is 5.42. The third kappa shape index (κ3) is 4.20. The fourth-order valence-electron chi connectivity index (χ4n) is 5.15. The molecule has 3 N–H and O–H groups in total. The van der Waals surface area contributed by atoms with Crippen LogP contribution in [-0.2, 0) is 6.54 Å². The number of rotatable bonds is 6. The van der Waals surface area contributed by atoms with E-state index in [4.69, 9.17) is 32.2 Å². The van der Waals surface area contributed by atoms with Crippen LogP contribution in [0.2, 0.25) is 5.02 Å². The SMILES string of the molecule is CCN1CCC(Oc2nc(CN3N=C(c4cn[nH]c4)C4C(N)=NC=NC43)cc3cccc(Cl)c23)CC1. The summed E-state index contributed by atoms with van der Waals surface area (Å²) in [4.78, 5) is 16.2. The second-order valence-corrected chi connectivity index (χ2v) is 9.69. The van der Waals surface area contributed by atoms with Crippen LogP contribution in [-0.4, -0.2) is 74.9 Å². The summed E-state index contributed by atoms with van der Waals surface area (Å²) in [6.45, 7) is 5.73. The molecule has 0 radical (unpaired) electrons. The monoisotopic (exact) mass is 505 g/mol. The Kier molecular flexibility index (Phi) is 6.06. The number of nitrogens with zero attached hydrogens (tertiary/aromatic N) is 7. The van der Waals surface area contributed by atoms with Crippen LogP contribution in [0.1, 0.15) is 31.0 Å². The zero-order chi connectivity index (χ0) is 24.6. The summed E-state index contributed by atoms with van der Waals surface area (Å²) < 4.78 is 6.49. The molecule has 1 fully saturated rings. The Morgan fingerprint density at radius 1 is 1.25 bits per heavy atom. The number of aromatic nitrogens is 3. The number of nitrogens with two attached hydrogens (primary N) is 1. The number of halogens is 1. The van der Waals surface area contributed by atoms with Crippen molar-refractivity contribution in [3.8, 4) is 5.88 Å². The summed E-state index contributed by atoms with van der Waals surface area (Å²) in [6.07, 6.45) is 6.78. The molecule has 1 saturated heterocycles. The molecule has 2 unspecified atom stereocenters. The molecule has 2 atom stereocenters. The predicted octanol–water partition coefficient (Wildman–Crippen LogP) is 3.04. The number of hydrogen-bond acceptors (Lipinski definition) is 9. The van der Waals surface area contributed by atoms with Crippen LogP contribution in [0.3, 0.4) is 0 Å². The lowest BCUT2D eigenvalue weighted by atomic mass is 9.95. The van der Waals surface area contributed by atoms with Crippen LogP contribution >= 0.6 is 11.6 Å².